The van der Waals surface area contributed by atoms with Gasteiger partial charge in [0.05, 0.1) is 22.0 Å². The van der Waals surface area contributed by atoms with Crippen molar-refractivity contribution in [3.05, 3.63) is 29.6 Å². The predicted molar refractivity (Wildman–Crippen MR) is 116 cm³/mol. The first-order valence-electron chi connectivity index (χ1n) is 9.78. The smallest absolute Gasteiger partial charge is 0.318 e. The molecule has 4 N–H and O–H groups in total. The number of aromatic nitrogens is 4. The molecule has 1 aliphatic rings. The summed E-state index contributed by atoms with van der Waals surface area (Å²) in [5.74, 6) is 1.10. The first-order valence-corrected chi connectivity index (χ1v) is 10.6. The zero-order valence-corrected chi connectivity index (χ0v) is 17.8. The highest BCUT2D eigenvalue weighted by Gasteiger charge is 2.34. The summed E-state index contributed by atoms with van der Waals surface area (Å²) >= 11 is 1.45. The van der Waals surface area contributed by atoms with Gasteiger partial charge >= 0.3 is 6.03 Å². The van der Waals surface area contributed by atoms with Crippen LogP contribution in [0.4, 0.5) is 15.7 Å². The number of hydrogen-bond donors (Lipinski definition) is 3. The number of nitrogens with two attached hydrogens (primary N) is 1. The molecule has 0 radical (unpaired) electrons. The number of rotatable bonds is 5. The number of fused-ring (bicyclic) bond motifs is 3. The van der Waals surface area contributed by atoms with E-state index in [1.165, 1.54) is 16.9 Å². The maximum absolute atomic E-state index is 11.3. The maximum atomic E-state index is 11.3. The number of urea groups is 1. The molecular weight excluding hydrogens is 386 g/mol. The molecule has 3 aromatic rings. The largest absolute Gasteiger partial charge is 0.370 e. The van der Waals surface area contributed by atoms with Crippen LogP contribution in [0.5, 0.6) is 0 Å². The first-order chi connectivity index (χ1) is 13.9. The standard InChI is InChI=1S/C20H25N7OS/c1-5-22-14-7-6-12(9-23-14)16-15-11(4)8-13-18(17(15)27(26-16)10(2)3)29-20(24-13)25-19(21)28/h6-7,9-11H,5,8H2,1-4H3,(H,22,23)(H3,21,24,25,28). The van der Waals surface area contributed by atoms with E-state index in [0.717, 1.165) is 46.3 Å². The van der Waals surface area contributed by atoms with Gasteiger partial charge in [0, 0.05) is 29.9 Å². The molecule has 3 aromatic heterocycles. The van der Waals surface area contributed by atoms with E-state index < -0.39 is 6.03 Å². The van der Waals surface area contributed by atoms with E-state index in [0.29, 0.717) is 5.13 Å². The van der Waals surface area contributed by atoms with Crippen molar-refractivity contribution in [1.29, 1.82) is 0 Å². The maximum Gasteiger partial charge on any atom is 0.318 e. The van der Waals surface area contributed by atoms with Gasteiger partial charge in [-0.1, -0.05) is 18.3 Å². The van der Waals surface area contributed by atoms with E-state index in [4.69, 9.17) is 10.8 Å². The third kappa shape index (κ3) is 3.46. The number of nitrogens with one attached hydrogen (secondary N) is 2. The molecule has 2 amide bonds. The molecule has 0 bridgehead atoms. The zero-order valence-electron chi connectivity index (χ0n) is 17.0. The number of nitrogens with zero attached hydrogens (tertiary/aromatic N) is 4. The van der Waals surface area contributed by atoms with Crippen molar-refractivity contribution in [3.63, 3.8) is 0 Å². The van der Waals surface area contributed by atoms with Crippen LogP contribution in [0.1, 0.15) is 50.9 Å². The Balaban J connectivity index is 1.86. The number of amides is 2. The summed E-state index contributed by atoms with van der Waals surface area (Å²) in [6.45, 7) is 9.30. The number of hydrogen-bond acceptors (Lipinski definition) is 6. The molecule has 0 fully saturated rings. The molecule has 1 unspecified atom stereocenters. The Kier molecular flexibility index (Phi) is 4.99. The van der Waals surface area contributed by atoms with Gasteiger partial charge in [0.15, 0.2) is 5.13 Å². The summed E-state index contributed by atoms with van der Waals surface area (Å²) in [6, 6.07) is 3.63. The predicted octanol–water partition coefficient (Wildman–Crippen LogP) is 4.23. The van der Waals surface area contributed by atoms with Crippen LogP contribution in [0.2, 0.25) is 0 Å². The van der Waals surface area contributed by atoms with Crippen LogP contribution >= 0.6 is 11.3 Å². The molecule has 152 valence electrons. The Morgan fingerprint density at radius 1 is 1.41 bits per heavy atom. The Hall–Kier alpha value is -2.94. The molecule has 4 rings (SSSR count). The summed E-state index contributed by atoms with van der Waals surface area (Å²) in [6.07, 6.45) is 2.67. The lowest BCUT2D eigenvalue weighted by Gasteiger charge is -2.21. The van der Waals surface area contributed by atoms with Crippen molar-refractivity contribution in [2.24, 2.45) is 5.73 Å². The third-order valence-electron chi connectivity index (χ3n) is 4.97. The number of anilines is 2. The lowest BCUT2D eigenvalue weighted by molar-refractivity contribution is 0.259. The summed E-state index contributed by atoms with van der Waals surface area (Å²) in [4.78, 5) is 21.4. The monoisotopic (exact) mass is 411 g/mol. The van der Waals surface area contributed by atoms with Gasteiger partial charge in [-0.05, 0) is 45.2 Å². The van der Waals surface area contributed by atoms with Gasteiger partial charge in [0.1, 0.15) is 5.82 Å². The molecule has 0 saturated carbocycles. The van der Waals surface area contributed by atoms with Gasteiger partial charge in [0.25, 0.3) is 0 Å². The van der Waals surface area contributed by atoms with E-state index in [1.54, 1.807) is 0 Å². The molecule has 9 heteroatoms. The molecule has 1 aliphatic carbocycles. The van der Waals surface area contributed by atoms with E-state index in [1.807, 2.05) is 19.2 Å². The molecule has 8 nitrogen and oxygen atoms in total. The van der Waals surface area contributed by atoms with Gasteiger partial charge in [-0.25, -0.2) is 14.8 Å². The highest BCUT2D eigenvalue weighted by Crippen LogP contribution is 2.48. The van der Waals surface area contributed by atoms with Crippen LogP contribution in [0.15, 0.2) is 18.3 Å². The van der Waals surface area contributed by atoms with E-state index in [9.17, 15) is 4.79 Å². The van der Waals surface area contributed by atoms with Crippen molar-refractivity contribution in [1.82, 2.24) is 19.7 Å². The zero-order chi connectivity index (χ0) is 20.7. The molecule has 0 aliphatic heterocycles. The van der Waals surface area contributed by atoms with Crippen LogP contribution < -0.4 is 16.4 Å². The lowest BCUT2D eigenvalue weighted by Crippen LogP contribution is -2.19. The minimum Gasteiger partial charge on any atom is -0.370 e. The van der Waals surface area contributed by atoms with Gasteiger partial charge in [-0.2, -0.15) is 5.10 Å². The summed E-state index contributed by atoms with van der Waals surface area (Å²) in [7, 11) is 0. The molecule has 29 heavy (non-hydrogen) atoms. The van der Waals surface area contributed by atoms with E-state index in [2.05, 4.69) is 52.1 Å². The van der Waals surface area contributed by atoms with Crippen molar-refractivity contribution in [3.8, 4) is 21.8 Å². The summed E-state index contributed by atoms with van der Waals surface area (Å²) in [5.41, 5.74) is 10.5. The van der Waals surface area contributed by atoms with Crippen LogP contribution in [-0.4, -0.2) is 32.3 Å². The molecule has 0 spiro atoms. The molecular formula is C20H25N7OS. The van der Waals surface area contributed by atoms with Crippen molar-refractivity contribution >= 4 is 28.3 Å². The average Bonchev–Trinajstić information content (AvgIpc) is 3.23. The molecule has 0 aromatic carbocycles. The normalized spacial score (nSPS) is 15.1. The van der Waals surface area contributed by atoms with Gasteiger partial charge < -0.3 is 11.1 Å². The third-order valence-corrected chi connectivity index (χ3v) is 5.99. The second-order valence-electron chi connectivity index (χ2n) is 7.50. The average molecular weight is 412 g/mol. The van der Waals surface area contributed by atoms with E-state index in [-0.39, 0.29) is 12.0 Å². The van der Waals surface area contributed by atoms with E-state index >= 15 is 0 Å². The summed E-state index contributed by atoms with van der Waals surface area (Å²) < 4.78 is 2.06. The Morgan fingerprint density at radius 3 is 2.83 bits per heavy atom. The Bertz CT molecular complexity index is 1050. The Labute approximate surface area is 173 Å². The van der Waals surface area contributed by atoms with Gasteiger partial charge in [0.2, 0.25) is 0 Å². The fourth-order valence-corrected chi connectivity index (χ4v) is 4.82. The van der Waals surface area contributed by atoms with Crippen LogP contribution in [0, 0.1) is 0 Å². The number of primary amides is 1. The molecule has 3 heterocycles. The number of carbonyl (C=O) groups is 1. The van der Waals surface area contributed by atoms with Gasteiger partial charge in [-0.3, -0.25) is 10.00 Å². The fraction of sp³-hybridized carbons (Fsp3) is 0.400. The Morgan fingerprint density at radius 2 is 2.21 bits per heavy atom. The minimum absolute atomic E-state index is 0.180. The second kappa shape index (κ2) is 7.47. The van der Waals surface area contributed by atoms with Crippen LogP contribution in [0.3, 0.4) is 0 Å². The van der Waals surface area contributed by atoms with Crippen LogP contribution in [-0.2, 0) is 6.42 Å². The minimum atomic E-state index is -0.603. The quantitative estimate of drug-likeness (QED) is 0.582. The van der Waals surface area contributed by atoms with Crippen molar-refractivity contribution < 1.29 is 4.79 Å². The topological polar surface area (TPSA) is 111 Å². The lowest BCUT2D eigenvalue weighted by atomic mass is 9.86. The first kappa shape index (κ1) is 19.4. The molecule has 1 atom stereocenters. The number of pyridine rings is 1. The highest BCUT2D eigenvalue weighted by atomic mass is 32.1. The molecule has 0 saturated heterocycles. The highest BCUT2D eigenvalue weighted by molar-refractivity contribution is 7.19. The van der Waals surface area contributed by atoms with Gasteiger partial charge in [-0.15, -0.1) is 0 Å². The summed E-state index contributed by atoms with van der Waals surface area (Å²) in [5, 5.41) is 11.3. The fourth-order valence-electron chi connectivity index (χ4n) is 3.77. The SMILES string of the molecule is CCNc1ccc(-c2nn(C(C)C)c3c2C(C)Cc2nc(NC(N)=O)sc2-3)cn1. The van der Waals surface area contributed by atoms with Crippen molar-refractivity contribution in [2.45, 2.75) is 46.1 Å². The number of carbonyl (C=O) groups excluding carboxylic acids is 1. The van der Waals surface area contributed by atoms with Crippen LogP contribution in [0.25, 0.3) is 21.8 Å². The second-order valence-corrected chi connectivity index (χ2v) is 8.50. The van der Waals surface area contributed by atoms with Crippen molar-refractivity contribution in [2.75, 3.05) is 17.2 Å². The number of thiazole rings is 1.